The minimum atomic E-state index is -0.193. The van der Waals surface area contributed by atoms with Crippen LogP contribution in [-0.4, -0.2) is 27.0 Å². The summed E-state index contributed by atoms with van der Waals surface area (Å²) in [5, 5.41) is 15.2. The van der Waals surface area contributed by atoms with Crippen molar-refractivity contribution in [2.24, 2.45) is 5.92 Å². The number of carbonyl (C=O) groups is 2. The van der Waals surface area contributed by atoms with E-state index in [1.54, 1.807) is 12.3 Å². The van der Waals surface area contributed by atoms with Gasteiger partial charge in [-0.2, -0.15) is 0 Å². The molecule has 0 spiro atoms. The molecule has 2 N–H and O–H groups in total. The molecule has 3 rings (SSSR count). The maximum absolute atomic E-state index is 11.8. The first kappa shape index (κ1) is 14.6. The Morgan fingerprint density at radius 2 is 2.23 bits per heavy atom. The van der Waals surface area contributed by atoms with Crippen LogP contribution in [0.3, 0.4) is 0 Å². The summed E-state index contributed by atoms with van der Waals surface area (Å²) >= 11 is 1.32. The molecule has 22 heavy (non-hydrogen) atoms. The van der Waals surface area contributed by atoms with Gasteiger partial charge >= 0.3 is 0 Å². The summed E-state index contributed by atoms with van der Waals surface area (Å²) in [5.41, 5.74) is 0.621. The van der Waals surface area contributed by atoms with Crippen LogP contribution >= 0.6 is 11.3 Å². The molecule has 0 radical (unpaired) electrons. The summed E-state index contributed by atoms with van der Waals surface area (Å²) < 4.78 is 5.16. The van der Waals surface area contributed by atoms with Gasteiger partial charge in [-0.05, 0) is 12.8 Å². The SMILES string of the molecule is Cc1nnc(CNC(=O)Cc2csc(NC(=O)C3CC3)n2)o1. The molecule has 1 saturated carbocycles. The van der Waals surface area contributed by atoms with Crippen molar-refractivity contribution in [1.29, 1.82) is 0 Å². The highest BCUT2D eigenvalue weighted by Crippen LogP contribution is 2.30. The second-order valence-electron chi connectivity index (χ2n) is 5.08. The van der Waals surface area contributed by atoms with Gasteiger partial charge in [0.25, 0.3) is 0 Å². The summed E-state index contributed by atoms with van der Waals surface area (Å²) in [4.78, 5) is 27.7. The molecule has 2 aromatic heterocycles. The van der Waals surface area contributed by atoms with Crippen LogP contribution in [0.15, 0.2) is 9.80 Å². The molecule has 8 nitrogen and oxygen atoms in total. The van der Waals surface area contributed by atoms with Gasteiger partial charge in [-0.3, -0.25) is 9.59 Å². The Hall–Kier alpha value is -2.29. The molecule has 1 fully saturated rings. The van der Waals surface area contributed by atoms with Crippen molar-refractivity contribution in [1.82, 2.24) is 20.5 Å². The molecule has 2 heterocycles. The third-order valence-electron chi connectivity index (χ3n) is 3.08. The van der Waals surface area contributed by atoms with Crippen molar-refractivity contribution in [3.8, 4) is 0 Å². The monoisotopic (exact) mass is 321 g/mol. The Morgan fingerprint density at radius 1 is 1.41 bits per heavy atom. The maximum Gasteiger partial charge on any atom is 0.235 e. The Kier molecular flexibility index (Phi) is 4.14. The highest BCUT2D eigenvalue weighted by atomic mass is 32.1. The maximum atomic E-state index is 11.8. The first-order chi connectivity index (χ1) is 10.6. The van der Waals surface area contributed by atoms with Crippen molar-refractivity contribution >= 4 is 28.3 Å². The number of hydrogen-bond donors (Lipinski definition) is 2. The number of nitrogens with one attached hydrogen (secondary N) is 2. The zero-order chi connectivity index (χ0) is 15.5. The molecule has 2 amide bonds. The Morgan fingerprint density at radius 3 is 2.91 bits per heavy atom. The van der Waals surface area contributed by atoms with E-state index in [1.165, 1.54) is 11.3 Å². The van der Waals surface area contributed by atoms with Crippen molar-refractivity contribution in [2.75, 3.05) is 5.32 Å². The van der Waals surface area contributed by atoms with E-state index in [2.05, 4.69) is 25.8 Å². The molecule has 116 valence electrons. The molecule has 0 unspecified atom stereocenters. The number of nitrogens with zero attached hydrogens (tertiary/aromatic N) is 3. The van der Waals surface area contributed by atoms with E-state index in [4.69, 9.17) is 4.42 Å². The van der Waals surface area contributed by atoms with E-state index in [9.17, 15) is 9.59 Å². The predicted molar refractivity (Wildman–Crippen MR) is 78.1 cm³/mol. The molecule has 0 aliphatic heterocycles. The minimum Gasteiger partial charge on any atom is -0.424 e. The van der Waals surface area contributed by atoms with Crippen LogP contribution in [0.4, 0.5) is 5.13 Å². The van der Waals surface area contributed by atoms with E-state index in [0.717, 1.165) is 12.8 Å². The van der Waals surface area contributed by atoms with Gasteiger partial charge < -0.3 is 15.1 Å². The first-order valence-corrected chi connectivity index (χ1v) is 7.79. The molecule has 0 atom stereocenters. The first-order valence-electron chi connectivity index (χ1n) is 6.91. The van der Waals surface area contributed by atoms with Crippen LogP contribution in [0.25, 0.3) is 0 Å². The second-order valence-corrected chi connectivity index (χ2v) is 5.93. The Bertz CT molecular complexity index is 691. The fraction of sp³-hybridized carbons (Fsp3) is 0.462. The summed E-state index contributed by atoms with van der Waals surface area (Å²) in [6, 6.07) is 0. The lowest BCUT2D eigenvalue weighted by molar-refractivity contribution is -0.120. The number of carbonyl (C=O) groups excluding carboxylic acids is 2. The average molecular weight is 321 g/mol. The lowest BCUT2D eigenvalue weighted by Gasteiger charge is -2.00. The third-order valence-corrected chi connectivity index (χ3v) is 3.88. The standard InChI is InChI=1S/C13H15N5O3S/c1-7-17-18-11(21-7)5-14-10(19)4-9-6-22-13(15-9)16-12(20)8-2-3-8/h6,8H,2-5H2,1H3,(H,14,19)(H,15,16,20). The van der Waals surface area contributed by atoms with Crippen LogP contribution in [0.5, 0.6) is 0 Å². The van der Waals surface area contributed by atoms with Crippen LogP contribution in [0, 0.1) is 12.8 Å². The quantitative estimate of drug-likeness (QED) is 0.822. The fourth-order valence-electron chi connectivity index (χ4n) is 1.81. The molecular weight excluding hydrogens is 306 g/mol. The van der Waals surface area contributed by atoms with Crippen LogP contribution < -0.4 is 10.6 Å². The summed E-state index contributed by atoms with van der Waals surface area (Å²) in [5.74, 6) is 0.771. The largest absolute Gasteiger partial charge is 0.424 e. The van der Waals surface area contributed by atoms with Gasteiger partial charge in [0.1, 0.15) is 0 Å². The number of aromatic nitrogens is 3. The van der Waals surface area contributed by atoms with Gasteiger partial charge in [-0.1, -0.05) is 0 Å². The summed E-state index contributed by atoms with van der Waals surface area (Å²) in [6.07, 6.45) is 2.03. The lowest BCUT2D eigenvalue weighted by Crippen LogP contribution is -2.24. The van der Waals surface area contributed by atoms with E-state index in [-0.39, 0.29) is 30.7 Å². The van der Waals surface area contributed by atoms with E-state index in [0.29, 0.717) is 22.6 Å². The van der Waals surface area contributed by atoms with Crippen LogP contribution in [0.2, 0.25) is 0 Å². The van der Waals surface area contributed by atoms with E-state index >= 15 is 0 Å². The Balaban J connectivity index is 1.46. The lowest BCUT2D eigenvalue weighted by atomic mass is 10.3. The molecule has 1 aliphatic rings. The summed E-state index contributed by atoms with van der Waals surface area (Å²) in [6.45, 7) is 1.88. The second kappa shape index (κ2) is 6.22. The van der Waals surface area contributed by atoms with Gasteiger partial charge in [0.05, 0.1) is 18.7 Å². The molecule has 9 heteroatoms. The van der Waals surface area contributed by atoms with Crippen molar-refractivity contribution < 1.29 is 14.0 Å². The zero-order valence-corrected chi connectivity index (χ0v) is 12.8. The number of amides is 2. The van der Waals surface area contributed by atoms with Gasteiger partial charge in [0, 0.05) is 18.2 Å². The Labute approximate surface area is 130 Å². The van der Waals surface area contributed by atoms with Gasteiger partial charge in [0.15, 0.2) is 5.13 Å². The van der Waals surface area contributed by atoms with E-state index in [1.807, 2.05) is 0 Å². The average Bonchev–Trinajstić information content (AvgIpc) is 3.13. The number of anilines is 1. The van der Waals surface area contributed by atoms with Gasteiger partial charge in [-0.25, -0.2) is 4.98 Å². The van der Waals surface area contributed by atoms with Crippen LogP contribution in [0.1, 0.15) is 30.3 Å². The van der Waals surface area contributed by atoms with Crippen molar-refractivity contribution in [3.63, 3.8) is 0 Å². The van der Waals surface area contributed by atoms with Crippen molar-refractivity contribution in [3.05, 3.63) is 22.9 Å². The molecule has 1 aliphatic carbocycles. The van der Waals surface area contributed by atoms with Gasteiger partial charge in [-0.15, -0.1) is 21.5 Å². The fourth-order valence-corrected chi connectivity index (χ4v) is 2.52. The summed E-state index contributed by atoms with van der Waals surface area (Å²) in [7, 11) is 0. The molecular formula is C13H15N5O3S. The number of hydrogen-bond acceptors (Lipinski definition) is 7. The highest BCUT2D eigenvalue weighted by Gasteiger charge is 2.30. The predicted octanol–water partition coefficient (Wildman–Crippen LogP) is 1.04. The molecule has 0 saturated heterocycles. The third kappa shape index (κ3) is 3.88. The number of aryl methyl sites for hydroxylation is 1. The smallest absolute Gasteiger partial charge is 0.235 e. The van der Waals surface area contributed by atoms with Gasteiger partial charge in [0.2, 0.25) is 23.6 Å². The topological polar surface area (TPSA) is 110 Å². The normalized spacial score (nSPS) is 13.9. The molecule has 0 bridgehead atoms. The van der Waals surface area contributed by atoms with Crippen LogP contribution in [-0.2, 0) is 22.6 Å². The highest BCUT2D eigenvalue weighted by molar-refractivity contribution is 7.13. The van der Waals surface area contributed by atoms with Crippen molar-refractivity contribution in [2.45, 2.75) is 32.7 Å². The molecule has 0 aromatic carbocycles. The number of thiazole rings is 1. The number of rotatable bonds is 6. The zero-order valence-electron chi connectivity index (χ0n) is 12.0. The van der Waals surface area contributed by atoms with E-state index < -0.39 is 0 Å². The minimum absolute atomic E-state index is 0.0112. The molecule has 2 aromatic rings.